The van der Waals surface area contributed by atoms with Gasteiger partial charge in [0.25, 0.3) is 0 Å². The molecule has 3 aromatic rings. The van der Waals surface area contributed by atoms with Gasteiger partial charge in [0.15, 0.2) is 5.76 Å². The van der Waals surface area contributed by atoms with Gasteiger partial charge in [-0.3, -0.25) is 0 Å². The predicted octanol–water partition coefficient (Wildman–Crippen LogP) is 2.96. The van der Waals surface area contributed by atoms with E-state index in [4.69, 9.17) is 13.7 Å². The zero-order chi connectivity index (χ0) is 18.1. The van der Waals surface area contributed by atoms with Crippen LogP contribution in [0.1, 0.15) is 54.9 Å². The number of furan rings is 1. The molecule has 1 aliphatic rings. The maximum Gasteiger partial charge on any atom is 0.238 e. The molecule has 0 N–H and O–H groups in total. The molecular formula is C18H23N5O3. The van der Waals surface area contributed by atoms with Crippen LogP contribution in [0, 0.1) is 0 Å². The van der Waals surface area contributed by atoms with Crippen LogP contribution in [0.25, 0.3) is 11.6 Å². The van der Waals surface area contributed by atoms with Crippen LogP contribution in [0.2, 0.25) is 0 Å². The molecule has 3 heterocycles. The van der Waals surface area contributed by atoms with E-state index in [1.54, 1.807) is 13.4 Å². The van der Waals surface area contributed by atoms with Crippen molar-refractivity contribution in [3.05, 3.63) is 35.2 Å². The number of fused-ring (bicyclic) bond motifs is 1. The second-order valence-corrected chi connectivity index (χ2v) is 6.95. The Labute approximate surface area is 151 Å². The summed E-state index contributed by atoms with van der Waals surface area (Å²) in [6.07, 6.45) is 4.26. The van der Waals surface area contributed by atoms with Gasteiger partial charge in [0.2, 0.25) is 11.7 Å². The summed E-state index contributed by atoms with van der Waals surface area (Å²) in [7, 11) is 1.69. The fourth-order valence-corrected chi connectivity index (χ4v) is 3.45. The average Bonchev–Trinajstić information content (AvgIpc) is 3.37. The Balaban J connectivity index is 1.55. The van der Waals surface area contributed by atoms with Crippen molar-refractivity contribution >= 4 is 0 Å². The van der Waals surface area contributed by atoms with Gasteiger partial charge in [-0.05, 0) is 24.8 Å². The van der Waals surface area contributed by atoms with Crippen molar-refractivity contribution in [2.45, 2.75) is 51.5 Å². The van der Waals surface area contributed by atoms with Crippen LogP contribution in [-0.2, 0) is 24.1 Å². The Kier molecular flexibility index (Phi) is 4.58. The standard InChI is InChI=1S/C18H23N5O3/c1-11(2)13-6-8-25-16(13)17-19-18(26-21-17)12-4-5-14-15(10-12)23(22-20-14)7-9-24-3/h6,8,11-12H,4-5,7,9-10H2,1-3H3. The monoisotopic (exact) mass is 357 g/mol. The first-order chi connectivity index (χ1) is 12.7. The number of hydrogen-bond donors (Lipinski definition) is 0. The molecule has 0 radical (unpaired) electrons. The lowest BCUT2D eigenvalue weighted by atomic mass is 9.89. The molecule has 3 aromatic heterocycles. The van der Waals surface area contributed by atoms with E-state index >= 15 is 0 Å². The van der Waals surface area contributed by atoms with Crippen LogP contribution in [0.15, 0.2) is 21.3 Å². The smallest absolute Gasteiger partial charge is 0.238 e. The third kappa shape index (κ3) is 3.05. The summed E-state index contributed by atoms with van der Waals surface area (Å²) in [5.74, 6) is 2.37. The SMILES string of the molecule is COCCn1nnc2c1CC(c1nc(-c3occc3C(C)C)no1)CC2. The van der Waals surface area contributed by atoms with Gasteiger partial charge in [-0.25, -0.2) is 4.68 Å². The number of methoxy groups -OCH3 is 1. The lowest BCUT2D eigenvalue weighted by Crippen LogP contribution is -2.18. The first kappa shape index (κ1) is 17.0. The van der Waals surface area contributed by atoms with E-state index in [0.717, 1.165) is 36.2 Å². The highest BCUT2D eigenvalue weighted by molar-refractivity contribution is 5.53. The van der Waals surface area contributed by atoms with Crippen LogP contribution in [0.4, 0.5) is 0 Å². The molecule has 8 heteroatoms. The maximum absolute atomic E-state index is 5.60. The topological polar surface area (TPSA) is 92.0 Å². The summed E-state index contributed by atoms with van der Waals surface area (Å²) >= 11 is 0. The molecule has 0 aliphatic heterocycles. The van der Waals surface area contributed by atoms with E-state index < -0.39 is 0 Å². The highest BCUT2D eigenvalue weighted by Gasteiger charge is 2.29. The normalized spacial score (nSPS) is 17.0. The molecule has 1 unspecified atom stereocenters. The number of rotatable bonds is 6. The summed E-state index contributed by atoms with van der Waals surface area (Å²) in [6, 6.07) is 1.96. The molecule has 4 rings (SSSR count). The molecule has 0 bridgehead atoms. The molecular weight excluding hydrogens is 334 g/mol. The zero-order valence-corrected chi connectivity index (χ0v) is 15.3. The van der Waals surface area contributed by atoms with Crippen molar-refractivity contribution in [2.75, 3.05) is 13.7 Å². The second-order valence-electron chi connectivity index (χ2n) is 6.95. The van der Waals surface area contributed by atoms with Crippen molar-refractivity contribution in [1.29, 1.82) is 0 Å². The number of aromatic nitrogens is 5. The second kappa shape index (κ2) is 7.03. The van der Waals surface area contributed by atoms with E-state index in [2.05, 4.69) is 34.3 Å². The van der Waals surface area contributed by atoms with Gasteiger partial charge < -0.3 is 13.7 Å². The molecule has 0 spiro atoms. The maximum atomic E-state index is 5.60. The minimum Gasteiger partial charge on any atom is -0.461 e. The molecule has 0 fully saturated rings. The Hall–Kier alpha value is -2.48. The van der Waals surface area contributed by atoms with Gasteiger partial charge in [-0.2, -0.15) is 4.98 Å². The van der Waals surface area contributed by atoms with Crippen LogP contribution in [-0.4, -0.2) is 38.9 Å². The summed E-state index contributed by atoms with van der Waals surface area (Å²) < 4.78 is 18.3. The van der Waals surface area contributed by atoms with Gasteiger partial charge in [0, 0.05) is 25.0 Å². The molecule has 1 atom stereocenters. The molecule has 26 heavy (non-hydrogen) atoms. The molecule has 0 saturated carbocycles. The van der Waals surface area contributed by atoms with Gasteiger partial charge in [0.1, 0.15) is 0 Å². The predicted molar refractivity (Wildman–Crippen MR) is 92.8 cm³/mol. The van der Waals surface area contributed by atoms with E-state index in [1.807, 2.05) is 10.7 Å². The number of aryl methyl sites for hydroxylation is 1. The quantitative estimate of drug-likeness (QED) is 0.669. The third-order valence-electron chi connectivity index (χ3n) is 4.91. The molecule has 0 amide bonds. The van der Waals surface area contributed by atoms with Crippen molar-refractivity contribution in [3.8, 4) is 11.6 Å². The first-order valence-electron chi connectivity index (χ1n) is 8.99. The Morgan fingerprint density at radius 2 is 2.27 bits per heavy atom. The minimum absolute atomic E-state index is 0.168. The van der Waals surface area contributed by atoms with Crippen molar-refractivity contribution < 1.29 is 13.7 Å². The number of hydrogen-bond acceptors (Lipinski definition) is 7. The molecule has 1 aliphatic carbocycles. The largest absolute Gasteiger partial charge is 0.461 e. The average molecular weight is 357 g/mol. The van der Waals surface area contributed by atoms with E-state index in [1.165, 1.54) is 0 Å². The van der Waals surface area contributed by atoms with Crippen LogP contribution in [0.3, 0.4) is 0 Å². The summed E-state index contributed by atoms with van der Waals surface area (Å²) in [5.41, 5.74) is 3.29. The van der Waals surface area contributed by atoms with Gasteiger partial charge >= 0.3 is 0 Å². The zero-order valence-electron chi connectivity index (χ0n) is 15.3. The van der Waals surface area contributed by atoms with Gasteiger partial charge in [-0.1, -0.05) is 24.2 Å². The Morgan fingerprint density at radius 3 is 3.08 bits per heavy atom. The molecule has 0 saturated heterocycles. The van der Waals surface area contributed by atoms with Crippen molar-refractivity contribution in [2.24, 2.45) is 0 Å². The van der Waals surface area contributed by atoms with Gasteiger partial charge in [0.05, 0.1) is 30.8 Å². The highest BCUT2D eigenvalue weighted by atomic mass is 16.5. The van der Waals surface area contributed by atoms with Crippen molar-refractivity contribution in [1.82, 2.24) is 25.1 Å². The van der Waals surface area contributed by atoms with Crippen molar-refractivity contribution in [3.63, 3.8) is 0 Å². The van der Waals surface area contributed by atoms with E-state index in [0.29, 0.717) is 36.5 Å². The van der Waals surface area contributed by atoms with Crippen LogP contribution >= 0.6 is 0 Å². The minimum atomic E-state index is 0.168. The lowest BCUT2D eigenvalue weighted by molar-refractivity contribution is 0.181. The first-order valence-corrected chi connectivity index (χ1v) is 8.99. The highest BCUT2D eigenvalue weighted by Crippen LogP contribution is 2.33. The summed E-state index contributed by atoms with van der Waals surface area (Å²) in [4.78, 5) is 4.62. The Morgan fingerprint density at radius 1 is 1.38 bits per heavy atom. The van der Waals surface area contributed by atoms with Crippen LogP contribution in [0.5, 0.6) is 0 Å². The fourth-order valence-electron chi connectivity index (χ4n) is 3.45. The molecule has 138 valence electrons. The summed E-state index contributed by atoms with van der Waals surface area (Å²) in [5, 5.41) is 12.7. The van der Waals surface area contributed by atoms with E-state index in [9.17, 15) is 0 Å². The Bertz CT molecular complexity index is 879. The fraction of sp³-hybridized carbons (Fsp3) is 0.556. The van der Waals surface area contributed by atoms with E-state index in [-0.39, 0.29) is 5.92 Å². The number of ether oxygens (including phenoxy) is 1. The third-order valence-corrected chi connectivity index (χ3v) is 4.91. The van der Waals surface area contributed by atoms with Gasteiger partial charge in [-0.15, -0.1) is 5.10 Å². The van der Waals surface area contributed by atoms with Crippen LogP contribution < -0.4 is 0 Å². The lowest BCUT2D eigenvalue weighted by Gasteiger charge is -2.18. The summed E-state index contributed by atoms with van der Waals surface area (Å²) in [6.45, 7) is 5.55. The number of nitrogens with zero attached hydrogens (tertiary/aromatic N) is 5. The molecule has 8 nitrogen and oxygen atoms in total. The molecule has 0 aromatic carbocycles.